The summed E-state index contributed by atoms with van der Waals surface area (Å²) in [7, 11) is 0. The van der Waals surface area contributed by atoms with Gasteiger partial charge in [0.15, 0.2) is 0 Å². The molecule has 4 heteroatoms. The lowest BCUT2D eigenvalue weighted by Gasteiger charge is -2.22. The summed E-state index contributed by atoms with van der Waals surface area (Å²) in [5.74, 6) is 0. The Kier molecular flexibility index (Phi) is 4.34. The molecule has 0 unspecified atom stereocenters. The van der Waals surface area contributed by atoms with Gasteiger partial charge in [-0.25, -0.2) is 4.79 Å². The number of para-hydroxylation sites is 1. The smallest absolute Gasteiger partial charge is 0.315 e. The van der Waals surface area contributed by atoms with Crippen molar-refractivity contribution >= 4 is 16.9 Å². The fraction of sp³-hybridized carbons (Fsp3) is 0.412. The number of urea groups is 1. The molecule has 2 N–H and O–H groups in total. The van der Waals surface area contributed by atoms with Gasteiger partial charge in [-0.05, 0) is 30.5 Å². The number of hydrogen-bond acceptors (Lipinski definition) is 2. The van der Waals surface area contributed by atoms with Gasteiger partial charge < -0.3 is 10.6 Å². The second kappa shape index (κ2) is 6.57. The largest absolute Gasteiger partial charge is 0.335 e. The van der Waals surface area contributed by atoms with E-state index >= 15 is 0 Å². The summed E-state index contributed by atoms with van der Waals surface area (Å²) >= 11 is 0. The summed E-state index contributed by atoms with van der Waals surface area (Å²) in [6, 6.07) is 10.2. The number of fused-ring (bicyclic) bond motifs is 1. The van der Waals surface area contributed by atoms with Crippen LogP contribution in [0.15, 0.2) is 36.5 Å². The number of nitrogens with zero attached hydrogens (tertiary/aromatic N) is 1. The van der Waals surface area contributed by atoms with E-state index in [0.29, 0.717) is 12.6 Å². The summed E-state index contributed by atoms with van der Waals surface area (Å²) in [6.07, 6.45) is 7.73. The van der Waals surface area contributed by atoms with E-state index in [1.807, 2.05) is 30.3 Å². The minimum absolute atomic E-state index is 0.0669. The molecule has 110 valence electrons. The minimum atomic E-state index is -0.0669. The van der Waals surface area contributed by atoms with Crippen molar-refractivity contribution in [2.24, 2.45) is 0 Å². The third-order valence-corrected chi connectivity index (χ3v) is 4.12. The third kappa shape index (κ3) is 3.51. The molecule has 1 aliphatic rings. The molecule has 0 radical (unpaired) electrons. The van der Waals surface area contributed by atoms with Crippen LogP contribution in [0.1, 0.15) is 37.7 Å². The van der Waals surface area contributed by atoms with Crippen LogP contribution >= 0.6 is 0 Å². The van der Waals surface area contributed by atoms with E-state index in [0.717, 1.165) is 29.3 Å². The molecule has 0 aliphatic heterocycles. The van der Waals surface area contributed by atoms with Gasteiger partial charge in [-0.1, -0.05) is 37.5 Å². The van der Waals surface area contributed by atoms with E-state index in [-0.39, 0.29) is 6.03 Å². The Morgan fingerprint density at radius 1 is 1.14 bits per heavy atom. The molecule has 1 fully saturated rings. The number of carbonyl (C=O) groups excluding carboxylic acids is 1. The summed E-state index contributed by atoms with van der Waals surface area (Å²) < 4.78 is 0. The highest BCUT2D eigenvalue weighted by molar-refractivity contribution is 5.82. The Labute approximate surface area is 125 Å². The zero-order chi connectivity index (χ0) is 14.5. The molecule has 0 saturated heterocycles. The average Bonchev–Trinajstić information content (AvgIpc) is 2.54. The summed E-state index contributed by atoms with van der Waals surface area (Å²) in [5.41, 5.74) is 2.06. The molecule has 1 aliphatic carbocycles. The fourth-order valence-electron chi connectivity index (χ4n) is 2.97. The van der Waals surface area contributed by atoms with Gasteiger partial charge in [0.25, 0.3) is 0 Å². The predicted octanol–water partition coefficient (Wildman–Crippen LogP) is 3.37. The summed E-state index contributed by atoms with van der Waals surface area (Å²) in [6.45, 7) is 0.529. The number of benzene rings is 1. The third-order valence-electron chi connectivity index (χ3n) is 4.12. The van der Waals surface area contributed by atoms with Crippen LogP contribution in [0.5, 0.6) is 0 Å². The van der Waals surface area contributed by atoms with Crippen LogP contribution in [-0.2, 0) is 6.54 Å². The highest BCUT2D eigenvalue weighted by Gasteiger charge is 2.15. The second-order valence-corrected chi connectivity index (χ2v) is 5.65. The van der Waals surface area contributed by atoms with E-state index < -0.39 is 0 Å². The molecule has 2 amide bonds. The van der Waals surface area contributed by atoms with Crippen LogP contribution in [0.3, 0.4) is 0 Å². The van der Waals surface area contributed by atoms with Crippen molar-refractivity contribution in [2.45, 2.75) is 44.7 Å². The lowest BCUT2D eigenvalue weighted by Crippen LogP contribution is -2.42. The zero-order valence-corrected chi connectivity index (χ0v) is 12.1. The van der Waals surface area contributed by atoms with Crippen LogP contribution < -0.4 is 10.6 Å². The van der Waals surface area contributed by atoms with Crippen molar-refractivity contribution in [1.82, 2.24) is 15.6 Å². The van der Waals surface area contributed by atoms with E-state index in [1.165, 1.54) is 19.3 Å². The lowest BCUT2D eigenvalue weighted by molar-refractivity contribution is 0.232. The standard InChI is InChI=1S/C17H21N3O/c21-17(20-14-6-2-1-3-7-14)19-12-13-10-11-18-16-9-5-4-8-15(13)16/h4-5,8-11,14H,1-3,6-7,12H2,(H2,19,20,21). The number of aromatic nitrogens is 1. The predicted molar refractivity (Wildman–Crippen MR) is 84.0 cm³/mol. The quantitative estimate of drug-likeness (QED) is 0.907. The van der Waals surface area contributed by atoms with Crippen LogP contribution in [-0.4, -0.2) is 17.1 Å². The van der Waals surface area contributed by atoms with Crippen LogP contribution in [0.4, 0.5) is 4.79 Å². The molecular weight excluding hydrogens is 262 g/mol. The zero-order valence-electron chi connectivity index (χ0n) is 12.1. The van der Waals surface area contributed by atoms with E-state index in [9.17, 15) is 4.79 Å². The monoisotopic (exact) mass is 283 g/mol. The lowest BCUT2D eigenvalue weighted by atomic mass is 9.96. The summed E-state index contributed by atoms with van der Waals surface area (Å²) in [5, 5.41) is 7.13. The fourth-order valence-corrected chi connectivity index (χ4v) is 2.97. The molecule has 1 aromatic heterocycles. The summed E-state index contributed by atoms with van der Waals surface area (Å²) in [4.78, 5) is 16.3. The maximum atomic E-state index is 12.0. The molecule has 1 saturated carbocycles. The first-order chi connectivity index (χ1) is 10.3. The van der Waals surface area contributed by atoms with Crippen molar-refractivity contribution in [3.63, 3.8) is 0 Å². The first kappa shape index (κ1) is 13.9. The van der Waals surface area contributed by atoms with Gasteiger partial charge in [0.2, 0.25) is 0 Å². The van der Waals surface area contributed by atoms with Gasteiger partial charge in [0.1, 0.15) is 0 Å². The Morgan fingerprint density at radius 3 is 2.81 bits per heavy atom. The van der Waals surface area contributed by atoms with Gasteiger partial charge in [-0.15, -0.1) is 0 Å². The topological polar surface area (TPSA) is 54.0 Å². The minimum Gasteiger partial charge on any atom is -0.335 e. The molecule has 2 aromatic rings. The molecule has 0 spiro atoms. The molecule has 21 heavy (non-hydrogen) atoms. The van der Waals surface area contributed by atoms with Crippen LogP contribution in [0, 0.1) is 0 Å². The Hall–Kier alpha value is -2.10. The molecule has 1 heterocycles. The highest BCUT2D eigenvalue weighted by atomic mass is 16.2. The molecule has 0 bridgehead atoms. The maximum absolute atomic E-state index is 12.0. The number of pyridine rings is 1. The van der Waals surface area contributed by atoms with Crippen molar-refractivity contribution in [3.8, 4) is 0 Å². The molecule has 3 rings (SSSR count). The van der Waals surface area contributed by atoms with E-state index in [1.54, 1.807) is 6.20 Å². The van der Waals surface area contributed by atoms with Crippen molar-refractivity contribution in [2.75, 3.05) is 0 Å². The SMILES string of the molecule is O=C(NCc1ccnc2ccccc12)NC1CCCCC1. The van der Waals surface area contributed by atoms with Crippen molar-refractivity contribution in [3.05, 3.63) is 42.1 Å². The average molecular weight is 283 g/mol. The molecule has 0 atom stereocenters. The van der Waals surface area contributed by atoms with Gasteiger partial charge in [-0.3, -0.25) is 4.98 Å². The van der Waals surface area contributed by atoms with Crippen LogP contribution in [0.25, 0.3) is 10.9 Å². The van der Waals surface area contributed by atoms with Crippen molar-refractivity contribution in [1.29, 1.82) is 0 Å². The number of nitrogens with one attached hydrogen (secondary N) is 2. The van der Waals surface area contributed by atoms with Gasteiger partial charge in [-0.2, -0.15) is 0 Å². The molecule has 4 nitrogen and oxygen atoms in total. The number of hydrogen-bond donors (Lipinski definition) is 2. The van der Waals surface area contributed by atoms with Crippen LogP contribution in [0.2, 0.25) is 0 Å². The second-order valence-electron chi connectivity index (χ2n) is 5.65. The normalized spacial score (nSPS) is 15.8. The van der Waals surface area contributed by atoms with Gasteiger partial charge in [0, 0.05) is 24.2 Å². The molecular formula is C17H21N3O. The van der Waals surface area contributed by atoms with Crippen molar-refractivity contribution < 1.29 is 4.79 Å². The Bertz CT molecular complexity index is 615. The first-order valence-electron chi connectivity index (χ1n) is 7.70. The highest BCUT2D eigenvalue weighted by Crippen LogP contribution is 2.18. The number of carbonyl (C=O) groups is 1. The number of amides is 2. The van der Waals surface area contributed by atoms with E-state index in [2.05, 4.69) is 15.6 Å². The Morgan fingerprint density at radius 2 is 1.95 bits per heavy atom. The first-order valence-corrected chi connectivity index (χ1v) is 7.70. The van der Waals surface area contributed by atoms with E-state index in [4.69, 9.17) is 0 Å². The number of rotatable bonds is 3. The van der Waals surface area contributed by atoms with Gasteiger partial charge >= 0.3 is 6.03 Å². The maximum Gasteiger partial charge on any atom is 0.315 e. The molecule has 1 aromatic carbocycles. The Balaban J connectivity index is 1.59. The van der Waals surface area contributed by atoms with Gasteiger partial charge in [0.05, 0.1) is 5.52 Å².